The van der Waals surface area contributed by atoms with Gasteiger partial charge in [-0.3, -0.25) is 24.0 Å². The maximum atomic E-state index is 14.0. The van der Waals surface area contributed by atoms with Crippen LogP contribution in [0, 0.1) is 29.6 Å². The molecule has 3 saturated heterocycles. The van der Waals surface area contributed by atoms with Crippen LogP contribution in [0.3, 0.4) is 0 Å². The first-order valence-corrected chi connectivity index (χ1v) is 27.4. The Morgan fingerprint density at radius 3 is 1.20 bits per heavy atom. The Balaban J connectivity index is 1.45. The second kappa shape index (κ2) is 35.6. The number of ketones is 2. The third-order valence-electron chi connectivity index (χ3n) is 14.5. The summed E-state index contributed by atoms with van der Waals surface area (Å²) in [6, 6.07) is -0.889. The van der Waals surface area contributed by atoms with Gasteiger partial charge in [-0.1, -0.05) is 41.0 Å². The van der Waals surface area contributed by atoms with Crippen molar-refractivity contribution < 1.29 is 98.4 Å². The number of unbranched alkanes of at least 4 members (excludes halogenated alkanes) is 5. The monoisotopic (exact) mass is 1080 g/mol. The first-order valence-electron chi connectivity index (χ1n) is 27.4. The van der Waals surface area contributed by atoms with Gasteiger partial charge in [0.05, 0.1) is 44.2 Å². The number of amides is 3. The zero-order valence-electron chi connectivity index (χ0n) is 44.9. The van der Waals surface area contributed by atoms with Crippen LogP contribution in [0.1, 0.15) is 137 Å². The lowest BCUT2D eigenvalue weighted by Gasteiger charge is -2.40. The maximum absolute atomic E-state index is 14.0. The minimum atomic E-state index is -1.25. The van der Waals surface area contributed by atoms with E-state index in [-0.39, 0.29) is 87.1 Å². The molecule has 0 aromatic rings. The van der Waals surface area contributed by atoms with E-state index in [1.54, 1.807) is 34.6 Å². The molecule has 0 aromatic carbocycles. The largest absolute Gasteiger partial charge is 0.394 e. The van der Waals surface area contributed by atoms with Gasteiger partial charge in [-0.05, 0) is 70.6 Å². The standard InChI is InChI=1S/C52H93N3O20/c1-30(2)43(63)34(16-6-11-21-53-40(60)18-8-13-23-70-50-31(3)44(64)47(67)37(27-56)73-50)26-36(59)35(55-42(62)20-10-15-25-72-52-33(5)46(66)49(69)39(29-58)75-52)17-7-12-22-54-41(61)19-9-14-24-71-51-32(4)45(65)48(68)38(28-57)74-51/h30-35,37-39,44-52,56-58,64-69H,6-29H2,1-5H3,(H,53,60)(H,54,61)(H,55,62). The summed E-state index contributed by atoms with van der Waals surface area (Å²) in [4.78, 5) is 66.0. The molecule has 23 heteroatoms. The van der Waals surface area contributed by atoms with E-state index in [9.17, 15) is 69.9 Å². The lowest BCUT2D eigenvalue weighted by molar-refractivity contribution is -0.282. The summed E-state index contributed by atoms with van der Waals surface area (Å²) in [5.74, 6) is -3.59. The Labute approximate surface area is 442 Å². The molecule has 3 aliphatic rings. The van der Waals surface area contributed by atoms with Gasteiger partial charge in [-0.2, -0.15) is 0 Å². The number of hydrogen-bond donors (Lipinski definition) is 12. The van der Waals surface area contributed by atoms with E-state index in [4.69, 9.17) is 28.4 Å². The van der Waals surface area contributed by atoms with Gasteiger partial charge in [0.2, 0.25) is 17.7 Å². The number of aliphatic hydroxyl groups excluding tert-OH is 9. The van der Waals surface area contributed by atoms with E-state index in [1.165, 1.54) is 0 Å². The fraction of sp³-hybridized carbons (Fsp3) is 0.904. The number of aliphatic hydroxyl groups is 9. The predicted octanol–water partition coefficient (Wildman–Crippen LogP) is -0.369. The Kier molecular flexibility index (Phi) is 31.5. The molecule has 17 atom stereocenters. The number of carbonyl (C=O) groups excluding carboxylic acids is 5. The SMILES string of the molecule is CC(C)C(=O)C(CCCCNC(=O)CCCCOC1OC(CO)C(O)C(O)C1C)CC(=O)C(CCCCNC(=O)CCCCOC1OC(CO)C(O)C(O)C1C)NC(=O)CCCCOC1OC(CO)C(O)C(O)C1C. The molecular weight excluding hydrogens is 987 g/mol. The highest BCUT2D eigenvalue weighted by atomic mass is 16.7. The highest BCUT2D eigenvalue weighted by molar-refractivity contribution is 5.93. The lowest BCUT2D eigenvalue weighted by atomic mass is 9.85. The molecule has 0 aromatic heterocycles. The molecular formula is C52H93N3O20. The van der Waals surface area contributed by atoms with Crippen LogP contribution in [0.25, 0.3) is 0 Å². The molecule has 0 spiro atoms. The van der Waals surface area contributed by atoms with Gasteiger partial charge in [0.15, 0.2) is 24.7 Å². The summed E-state index contributed by atoms with van der Waals surface area (Å²) in [6.45, 7) is 8.50. The molecule has 3 amide bonds. The molecule has 0 bridgehead atoms. The Hall–Kier alpha value is -2.85. The zero-order valence-corrected chi connectivity index (χ0v) is 44.9. The highest BCUT2D eigenvalue weighted by Crippen LogP contribution is 2.30. The van der Waals surface area contributed by atoms with Crippen LogP contribution in [0.2, 0.25) is 0 Å². The van der Waals surface area contributed by atoms with E-state index in [0.29, 0.717) is 83.7 Å². The molecule has 436 valence electrons. The van der Waals surface area contributed by atoms with Crippen molar-refractivity contribution in [2.75, 3.05) is 52.7 Å². The van der Waals surface area contributed by atoms with Crippen molar-refractivity contribution in [2.24, 2.45) is 29.6 Å². The van der Waals surface area contributed by atoms with Crippen LogP contribution in [0.4, 0.5) is 0 Å². The lowest BCUT2D eigenvalue weighted by Crippen LogP contribution is -2.55. The van der Waals surface area contributed by atoms with Crippen molar-refractivity contribution in [3.8, 4) is 0 Å². The number of carbonyl (C=O) groups is 5. The second-order valence-corrected chi connectivity index (χ2v) is 20.9. The fourth-order valence-corrected chi connectivity index (χ4v) is 9.40. The summed E-state index contributed by atoms with van der Waals surface area (Å²) in [7, 11) is 0. The number of ether oxygens (including phenoxy) is 6. The molecule has 3 heterocycles. The molecule has 17 unspecified atom stereocenters. The van der Waals surface area contributed by atoms with Crippen LogP contribution in [-0.2, 0) is 52.4 Å². The molecule has 0 saturated carbocycles. The third-order valence-corrected chi connectivity index (χ3v) is 14.5. The topological polar surface area (TPSA) is 359 Å². The van der Waals surface area contributed by atoms with Gasteiger partial charge >= 0.3 is 0 Å². The average Bonchev–Trinajstić information content (AvgIpc) is 3.38. The van der Waals surface area contributed by atoms with Crippen molar-refractivity contribution in [1.29, 1.82) is 0 Å². The Bertz CT molecular complexity index is 1660. The maximum Gasteiger partial charge on any atom is 0.220 e. The molecule has 0 aliphatic carbocycles. The number of rotatable bonds is 37. The molecule has 3 fully saturated rings. The molecule has 3 rings (SSSR count). The van der Waals surface area contributed by atoms with Gasteiger partial charge in [0.1, 0.15) is 42.4 Å². The van der Waals surface area contributed by atoms with Gasteiger partial charge in [-0.25, -0.2) is 0 Å². The zero-order chi connectivity index (χ0) is 55.6. The van der Waals surface area contributed by atoms with E-state index in [0.717, 1.165) is 0 Å². The van der Waals surface area contributed by atoms with E-state index in [2.05, 4.69) is 16.0 Å². The minimum absolute atomic E-state index is 0.0715. The Morgan fingerprint density at radius 1 is 0.480 bits per heavy atom. The summed E-state index contributed by atoms with van der Waals surface area (Å²) in [5, 5.41) is 98.1. The molecule has 12 N–H and O–H groups in total. The van der Waals surface area contributed by atoms with Crippen molar-refractivity contribution >= 4 is 29.3 Å². The Morgan fingerprint density at radius 2 is 0.840 bits per heavy atom. The normalized spacial score (nSPS) is 30.9. The van der Waals surface area contributed by atoms with Crippen LogP contribution >= 0.6 is 0 Å². The molecule has 23 nitrogen and oxygen atoms in total. The average molecular weight is 1080 g/mol. The van der Waals surface area contributed by atoms with Gasteiger partial charge in [0, 0.05) is 88.2 Å². The quantitative estimate of drug-likeness (QED) is 0.0353. The van der Waals surface area contributed by atoms with E-state index < -0.39 is 123 Å². The summed E-state index contributed by atoms with van der Waals surface area (Å²) < 4.78 is 34.0. The van der Waals surface area contributed by atoms with Crippen LogP contribution in [0.5, 0.6) is 0 Å². The summed E-state index contributed by atoms with van der Waals surface area (Å²) in [5.41, 5.74) is 0. The van der Waals surface area contributed by atoms with Crippen LogP contribution < -0.4 is 16.0 Å². The first kappa shape index (κ1) is 66.4. The van der Waals surface area contributed by atoms with Crippen LogP contribution in [-0.4, -0.2) is 208 Å². The fourth-order valence-electron chi connectivity index (χ4n) is 9.40. The predicted molar refractivity (Wildman–Crippen MR) is 269 cm³/mol. The van der Waals surface area contributed by atoms with Gasteiger partial charge < -0.3 is 90.3 Å². The van der Waals surface area contributed by atoms with Crippen molar-refractivity contribution in [3.63, 3.8) is 0 Å². The summed E-state index contributed by atoms with van der Waals surface area (Å²) in [6.07, 6.45) is -6.27. The molecule has 0 radical (unpaired) electrons. The minimum Gasteiger partial charge on any atom is -0.394 e. The second-order valence-electron chi connectivity index (χ2n) is 20.9. The number of nitrogens with one attached hydrogen (secondary N) is 3. The van der Waals surface area contributed by atoms with Gasteiger partial charge in [0.25, 0.3) is 0 Å². The van der Waals surface area contributed by atoms with Crippen LogP contribution in [0.15, 0.2) is 0 Å². The molecule has 75 heavy (non-hydrogen) atoms. The van der Waals surface area contributed by atoms with E-state index >= 15 is 0 Å². The van der Waals surface area contributed by atoms with Crippen molar-refractivity contribution in [1.82, 2.24) is 16.0 Å². The molecule has 3 aliphatic heterocycles. The van der Waals surface area contributed by atoms with Crippen molar-refractivity contribution in [2.45, 2.75) is 217 Å². The smallest absolute Gasteiger partial charge is 0.220 e. The first-order chi connectivity index (χ1) is 35.7. The summed E-state index contributed by atoms with van der Waals surface area (Å²) >= 11 is 0. The van der Waals surface area contributed by atoms with Gasteiger partial charge in [-0.15, -0.1) is 0 Å². The third kappa shape index (κ3) is 22.4. The number of Topliss-reactive ketones (excluding diaryl/α,β-unsaturated/α-hetero) is 2. The van der Waals surface area contributed by atoms with E-state index in [1.807, 2.05) is 0 Å². The van der Waals surface area contributed by atoms with Crippen molar-refractivity contribution in [3.05, 3.63) is 0 Å². The number of hydrogen-bond acceptors (Lipinski definition) is 20. The highest BCUT2D eigenvalue weighted by Gasteiger charge is 2.44.